The van der Waals surface area contributed by atoms with Gasteiger partial charge in [-0.1, -0.05) is 31.2 Å². The van der Waals surface area contributed by atoms with Gasteiger partial charge in [-0.05, 0) is 71.4 Å². The number of benzene rings is 2. The molecule has 1 aliphatic heterocycles. The van der Waals surface area contributed by atoms with Crippen molar-refractivity contribution in [3.05, 3.63) is 65.1 Å². The molecule has 0 bridgehead atoms. The molecule has 1 aromatic heterocycles. The number of nitrogens with zero attached hydrogens (tertiary/aromatic N) is 1. The molecule has 4 rings (SSSR count). The van der Waals surface area contributed by atoms with E-state index in [4.69, 9.17) is 4.74 Å². The molecule has 1 fully saturated rings. The van der Waals surface area contributed by atoms with Crippen LogP contribution in [0.4, 0.5) is 0 Å². The third kappa shape index (κ3) is 5.15. The number of aromatic nitrogens is 1. The molecule has 0 radical (unpaired) electrons. The number of piperidine rings is 1. The van der Waals surface area contributed by atoms with Crippen molar-refractivity contribution >= 4 is 10.8 Å². The topological polar surface area (TPSA) is 85.8 Å². The Bertz CT molecular complexity index is 1070. The van der Waals surface area contributed by atoms with Gasteiger partial charge in [0.05, 0.1) is 0 Å². The molecular formula is C25H30N2O4. The fraction of sp³-hybridized carbons (Fsp3) is 0.400. The zero-order chi connectivity index (χ0) is 21.8. The number of nitrogens with one attached hydrogen (secondary N) is 1. The number of aromatic amines is 1. The van der Waals surface area contributed by atoms with E-state index in [1.165, 1.54) is 6.07 Å². The first kappa shape index (κ1) is 21.6. The molecule has 0 aliphatic carbocycles. The van der Waals surface area contributed by atoms with Gasteiger partial charge in [0.1, 0.15) is 18.5 Å². The van der Waals surface area contributed by atoms with E-state index in [1.807, 2.05) is 36.4 Å². The van der Waals surface area contributed by atoms with E-state index in [0.717, 1.165) is 47.8 Å². The quantitative estimate of drug-likeness (QED) is 0.545. The molecule has 2 heterocycles. The first-order chi connectivity index (χ1) is 15.0. The summed E-state index contributed by atoms with van der Waals surface area (Å²) in [6.07, 6.45) is 2.98. The van der Waals surface area contributed by atoms with Gasteiger partial charge in [-0.25, -0.2) is 0 Å². The number of ether oxygens (including phenoxy) is 1. The minimum Gasteiger partial charge on any atom is -0.491 e. The average molecular weight is 423 g/mol. The number of pyridine rings is 1. The minimum atomic E-state index is -0.596. The molecule has 6 nitrogen and oxygen atoms in total. The minimum absolute atomic E-state index is 0.00116. The Morgan fingerprint density at radius 2 is 1.94 bits per heavy atom. The number of rotatable bonds is 7. The van der Waals surface area contributed by atoms with Gasteiger partial charge >= 0.3 is 0 Å². The van der Waals surface area contributed by atoms with Crippen molar-refractivity contribution in [2.45, 2.75) is 25.9 Å². The highest BCUT2D eigenvalue weighted by Crippen LogP contribution is 2.33. The lowest BCUT2D eigenvalue weighted by molar-refractivity contribution is 0.0219. The summed E-state index contributed by atoms with van der Waals surface area (Å²) in [5.74, 6) is 0.686. The lowest BCUT2D eigenvalue weighted by atomic mass is 9.81. The van der Waals surface area contributed by atoms with Gasteiger partial charge in [-0.15, -0.1) is 0 Å². The van der Waals surface area contributed by atoms with Crippen LogP contribution in [-0.4, -0.2) is 59.0 Å². The number of aliphatic hydroxyl groups is 2. The lowest BCUT2D eigenvalue weighted by Gasteiger charge is -2.38. The molecule has 0 amide bonds. The molecule has 6 heteroatoms. The maximum atomic E-state index is 11.5. The maximum Gasteiger partial charge on any atom is 0.247 e. The predicted octanol–water partition coefficient (Wildman–Crippen LogP) is 3.03. The zero-order valence-electron chi connectivity index (χ0n) is 17.9. The molecule has 0 saturated carbocycles. The molecule has 1 saturated heterocycles. The van der Waals surface area contributed by atoms with E-state index in [1.54, 1.807) is 12.3 Å². The highest BCUT2D eigenvalue weighted by Gasteiger charge is 2.29. The zero-order valence-corrected chi connectivity index (χ0v) is 17.9. The number of hydrogen-bond donors (Lipinski definition) is 3. The fourth-order valence-corrected chi connectivity index (χ4v) is 4.16. The van der Waals surface area contributed by atoms with Crippen molar-refractivity contribution in [1.82, 2.24) is 9.88 Å². The molecule has 1 aliphatic rings. The molecule has 1 unspecified atom stereocenters. The van der Waals surface area contributed by atoms with Gasteiger partial charge in [0.25, 0.3) is 0 Å². The number of H-pyrrole nitrogens is 1. The molecular weight excluding hydrogens is 392 g/mol. The van der Waals surface area contributed by atoms with E-state index in [2.05, 4.69) is 16.8 Å². The van der Waals surface area contributed by atoms with Crippen LogP contribution in [-0.2, 0) is 0 Å². The van der Waals surface area contributed by atoms with Crippen molar-refractivity contribution in [3.8, 4) is 16.9 Å². The summed E-state index contributed by atoms with van der Waals surface area (Å²) >= 11 is 0. The van der Waals surface area contributed by atoms with Crippen LogP contribution in [0.2, 0.25) is 0 Å². The van der Waals surface area contributed by atoms with E-state index in [9.17, 15) is 15.0 Å². The SMILES string of the molecule is CC1(CO)CCN(CC(O)COc2cc(-c3ccc(=O)[nH]c3)c3ccccc3c2)CC1. The molecule has 1 atom stereocenters. The van der Waals surface area contributed by atoms with Crippen molar-refractivity contribution in [2.24, 2.45) is 5.41 Å². The molecule has 31 heavy (non-hydrogen) atoms. The molecule has 0 spiro atoms. The molecule has 2 aromatic carbocycles. The van der Waals surface area contributed by atoms with Crippen molar-refractivity contribution in [2.75, 3.05) is 32.8 Å². The maximum absolute atomic E-state index is 11.5. The van der Waals surface area contributed by atoms with Crippen LogP contribution in [0.5, 0.6) is 5.75 Å². The number of β-amino-alcohol motifs (C(OH)–C–C–N with tert-alkyl or cyclic N) is 1. The van der Waals surface area contributed by atoms with Crippen LogP contribution in [0.3, 0.4) is 0 Å². The summed E-state index contributed by atoms with van der Waals surface area (Å²) in [5.41, 5.74) is 1.74. The summed E-state index contributed by atoms with van der Waals surface area (Å²) in [7, 11) is 0. The second-order valence-electron chi connectivity index (χ2n) is 8.87. The highest BCUT2D eigenvalue weighted by atomic mass is 16.5. The van der Waals surface area contributed by atoms with E-state index in [0.29, 0.717) is 12.3 Å². The Morgan fingerprint density at radius 3 is 2.65 bits per heavy atom. The third-order valence-corrected chi connectivity index (χ3v) is 6.29. The summed E-state index contributed by atoms with van der Waals surface area (Å²) in [5, 5.41) is 22.2. The fourth-order valence-electron chi connectivity index (χ4n) is 4.16. The lowest BCUT2D eigenvalue weighted by Crippen LogP contribution is -2.44. The van der Waals surface area contributed by atoms with Crippen molar-refractivity contribution in [3.63, 3.8) is 0 Å². The van der Waals surface area contributed by atoms with E-state index in [-0.39, 0.29) is 24.2 Å². The summed E-state index contributed by atoms with van der Waals surface area (Å²) in [6.45, 7) is 4.84. The van der Waals surface area contributed by atoms with Crippen LogP contribution >= 0.6 is 0 Å². The Balaban J connectivity index is 1.45. The third-order valence-electron chi connectivity index (χ3n) is 6.29. The van der Waals surface area contributed by atoms with E-state index < -0.39 is 6.10 Å². The summed E-state index contributed by atoms with van der Waals surface area (Å²) in [6, 6.07) is 15.3. The van der Waals surface area contributed by atoms with Crippen LogP contribution in [0, 0.1) is 5.41 Å². The van der Waals surface area contributed by atoms with Gasteiger partial charge in [0.2, 0.25) is 5.56 Å². The van der Waals surface area contributed by atoms with Crippen molar-refractivity contribution in [1.29, 1.82) is 0 Å². The molecule has 3 N–H and O–H groups in total. The van der Waals surface area contributed by atoms with Gasteiger partial charge in [0, 0.05) is 25.4 Å². The van der Waals surface area contributed by atoms with Crippen LogP contribution < -0.4 is 10.3 Å². The number of aliphatic hydroxyl groups excluding tert-OH is 2. The number of hydrogen-bond acceptors (Lipinski definition) is 5. The predicted molar refractivity (Wildman–Crippen MR) is 122 cm³/mol. The Hall–Kier alpha value is -2.67. The average Bonchev–Trinajstić information content (AvgIpc) is 2.79. The smallest absolute Gasteiger partial charge is 0.247 e. The largest absolute Gasteiger partial charge is 0.491 e. The van der Waals surface area contributed by atoms with Gasteiger partial charge in [-0.2, -0.15) is 0 Å². The highest BCUT2D eigenvalue weighted by molar-refractivity contribution is 5.97. The Morgan fingerprint density at radius 1 is 1.16 bits per heavy atom. The van der Waals surface area contributed by atoms with Crippen LogP contribution in [0.25, 0.3) is 21.9 Å². The summed E-state index contributed by atoms with van der Waals surface area (Å²) < 4.78 is 5.98. The number of fused-ring (bicyclic) bond motifs is 1. The van der Waals surface area contributed by atoms with Crippen LogP contribution in [0.1, 0.15) is 19.8 Å². The first-order valence-electron chi connectivity index (χ1n) is 10.8. The first-order valence-corrected chi connectivity index (χ1v) is 10.8. The monoisotopic (exact) mass is 422 g/mol. The normalized spacial score (nSPS) is 17.5. The number of likely N-dealkylation sites (tertiary alicyclic amines) is 1. The van der Waals surface area contributed by atoms with E-state index >= 15 is 0 Å². The van der Waals surface area contributed by atoms with Gasteiger partial charge in [0.15, 0.2) is 0 Å². The Labute approximate surface area is 182 Å². The van der Waals surface area contributed by atoms with Gasteiger partial charge < -0.3 is 24.8 Å². The summed E-state index contributed by atoms with van der Waals surface area (Å²) in [4.78, 5) is 16.4. The Kier molecular flexibility index (Phi) is 6.41. The second-order valence-corrected chi connectivity index (χ2v) is 8.87. The standard InChI is InChI=1S/C25H30N2O4/c1-25(17-28)8-10-27(11-9-25)15-20(29)16-31-21-12-18-4-2-3-5-22(18)23(13-21)19-6-7-24(30)26-14-19/h2-7,12-14,20,28-29H,8-11,15-17H2,1H3,(H,26,30). The second kappa shape index (κ2) is 9.22. The van der Waals surface area contributed by atoms with Crippen molar-refractivity contribution < 1.29 is 14.9 Å². The molecule has 164 valence electrons. The van der Waals surface area contributed by atoms with Gasteiger partial charge in [-0.3, -0.25) is 4.79 Å². The molecule has 3 aromatic rings. The van der Waals surface area contributed by atoms with Crippen LogP contribution in [0.15, 0.2) is 59.5 Å².